The second-order valence-corrected chi connectivity index (χ2v) is 4.60. The summed E-state index contributed by atoms with van der Waals surface area (Å²) in [4.78, 5) is 21.5. The monoisotopic (exact) mass is 305 g/mol. The summed E-state index contributed by atoms with van der Waals surface area (Å²) in [7, 11) is -4.49. The molecule has 1 rings (SSSR count). The molecular formula is C10H8ClNO6S. The Morgan fingerprint density at radius 1 is 1.37 bits per heavy atom. The highest BCUT2D eigenvalue weighted by Gasteiger charge is 2.18. The molecule has 0 unspecified atom stereocenters. The van der Waals surface area contributed by atoms with Gasteiger partial charge in [0, 0.05) is 0 Å². The number of hydrogen-bond donors (Lipinski definition) is 0. The van der Waals surface area contributed by atoms with E-state index in [1.54, 1.807) is 0 Å². The van der Waals surface area contributed by atoms with Gasteiger partial charge in [-0.25, -0.2) is 9.59 Å². The van der Waals surface area contributed by atoms with Gasteiger partial charge < -0.3 is 8.92 Å². The summed E-state index contributed by atoms with van der Waals surface area (Å²) in [5, 5.41) is 0. The van der Waals surface area contributed by atoms with Gasteiger partial charge in [0.25, 0.3) is 6.08 Å². The maximum absolute atomic E-state index is 11.6. The Bertz CT molecular complexity index is 608. The first kappa shape index (κ1) is 15.2. The third kappa shape index (κ3) is 4.70. The lowest BCUT2D eigenvalue weighted by atomic mass is 10.2. The van der Waals surface area contributed by atoms with Crippen molar-refractivity contribution >= 4 is 34.0 Å². The van der Waals surface area contributed by atoms with E-state index in [-0.39, 0.29) is 23.8 Å². The first-order valence-corrected chi connectivity index (χ1v) is 6.76. The summed E-state index contributed by atoms with van der Waals surface area (Å²) in [6, 6.07) is 5.44. The van der Waals surface area contributed by atoms with Crippen LogP contribution in [0.5, 0.6) is 5.75 Å². The van der Waals surface area contributed by atoms with E-state index in [0.29, 0.717) is 0 Å². The van der Waals surface area contributed by atoms with Gasteiger partial charge in [0.05, 0.1) is 5.88 Å². The van der Waals surface area contributed by atoms with Gasteiger partial charge in [-0.2, -0.15) is 8.42 Å². The topological polar surface area (TPSA) is 99.1 Å². The minimum atomic E-state index is -4.49. The van der Waals surface area contributed by atoms with Crippen molar-refractivity contribution < 1.29 is 26.9 Å². The van der Waals surface area contributed by atoms with Crippen molar-refractivity contribution in [2.24, 2.45) is 4.40 Å². The van der Waals surface area contributed by atoms with E-state index in [4.69, 9.17) is 16.3 Å². The summed E-state index contributed by atoms with van der Waals surface area (Å²) in [6.07, 6.45) is 0.840. The predicted octanol–water partition coefficient (Wildman–Crippen LogP) is 1.04. The van der Waals surface area contributed by atoms with E-state index in [0.717, 1.165) is 6.08 Å². The Morgan fingerprint density at radius 3 is 2.68 bits per heavy atom. The third-order valence-electron chi connectivity index (χ3n) is 1.76. The molecule has 0 aliphatic carbocycles. The molecule has 1 aromatic carbocycles. The fourth-order valence-electron chi connectivity index (χ4n) is 1.09. The fourth-order valence-corrected chi connectivity index (χ4v) is 1.67. The van der Waals surface area contributed by atoms with Crippen LogP contribution >= 0.6 is 11.6 Å². The molecule has 0 bridgehead atoms. The molecule has 9 heteroatoms. The fraction of sp³-hybridized carbons (Fsp3) is 0.200. The number of hydrogen-bond acceptors (Lipinski definition) is 6. The number of isocyanates is 1. The number of alkyl halides is 1. The van der Waals surface area contributed by atoms with Crippen LogP contribution in [0.15, 0.2) is 28.7 Å². The molecule has 102 valence electrons. The lowest BCUT2D eigenvalue weighted by Crippen LogP contribution is -2.12. The predicted molar refractivity (Wildman–Crippen MR) is 65.1 cm³/mol. The van der Waals surface area contributed by atoms with Gasteiger partial charge in [-0.15, -0.1) is 11.6 Å². The van der Waals surface area contributed by atoms with E-state index in [9.17, 15) is 18.0 Å². The van der Waals surface area contributed by atoms with Crippen LogP contribution < -0.4 is 4.18 Å². The molecule has 19 heavy (non-hydrogen) atoms. The lowest BCUT2D eigenvalue weighted by molar-refractivity contribution is 0.0527. The zero-order chi connectivity index (χ0) is 14.3. The number of halogens is 1. The minimum Gasteiger partial charge on any atom is -0.461 e. The number of carbonyl (C=O) groups excluding carboxylic acids is 2. The molecule has 1 aromatic rings. The number of para-hydroxylation sites is 1. The Balaban J connectivity index is 3.03. The van der Waals surface area contributed by atoms with E-state index >= 15 is 0 Å². The highest BCUT2D eigenvalue weighted by molar-refractivity contribution is 7.85. The highest BCUT2D eigenvalue weighted by Crippen LogP contribution is 2.21. The number of ether oxygens (including phenoxy) is 1. The largest absolute Gasteiger partial charge is 0.461 e. The minimum absolute atomic E-state index is 0.0338. The molecule has 0 amide bonds. The molecule has 0 heterocycles. The first-order valence-electron chi connectivity index (χ1n) is 4.86. The first-order chi connectivity index (χ1) is 9.00. The van der Waals surface area contributed by atoms with E-state index in [1.807, 2.05) is 0 Å². The highest BCUT2D eigenvalue weighted by atomic mass is 35.5. The van der Waals surface area contributed by atoms with E-state index < -0.39 is 16.3 Å². The van der Waals surface area contributed by atoms with Gasteiger partial charge >= 0.3 is 16.3 Å². The normalized spacial score (nSPS) is 10.4. The van der Waals surface area contributed by atoms with Crippen molar-refractivity contribution in [1.29, 1.82) is 0 Å². The molecule has 0 radical (unpaired) electrons. The summed E-state index contributed by atoms with van der Waals surface area (Å²) in [6.45, 7) is -0.0338. The molecule has 0 spiro atoms. The molecule has 0 aliphatic heterocycles. The summed E-state index contributed by atoms with van der Waals surface area (Å²) in [5.41, 5.74) is -0.128. The van der Waals surface area contributed by atoms with Crippen molar-refractivity contribution in [2.45, 2.75) is 0 Å². The quantitative estimate of drug-likeness (QED) is 0.337. The maximum Gasteiger partial charge on any atom is 0.439 e. The van der Waals surface area contributed by atoms with Crippen molar-refractivity contribution in [3.8, 4) is 5.75 Å². The molecule has 7 nitrogen and oxygen atoms in total. The van der Waals surface area contributed by atoms with Gasteiger partial charge in [0.2, 0.25) is 0 Å². The van der Waals surface area contributed by atoms with E-state index in [1.165, 1.54) is 24.3 Å². The lowest BCUT2D eigenvalue weighted by Gasteiger charge is -2.07. The number of carbonyl (C=O) groups is 1. The van der Waals surface area contributed by atoms with E-state index in [2.05, 4.69) is 8.58 Å². The van der Waals surface area contributed by atoms with Crippen LogP contribution in [0, 0.1) is 0 Å². The van der Waals surface area contributed by atoms with Crippen LogP contribution in [-0.2, 0) is 19.8 Å². The Kier molecular flexibility index (Phi) is 5.50. The van der Waals surface area contributed by atoms with Gasteiger partial charge in [0.1, 0.15) is 12.2 Å². The zero-order valence-corrected chi connectivity index (χ0v) is 11.0. The maximum atomic E-state index is 11.6. The van der Waals surface area contributed by atoms with Crippen LogP contribution in [-0.4, -0.2) is 33.0 Å². The molecular weight excluding hydrogens is 298 g/mol. The molecule has 0 atom stereocenters. The van der Waals surface area contributed by atoms with Crippen LogP contribution in [0.4, 0.5) is 0 Å². The Morgan fingerprint density at radius 2 is 2.05 bits per heavy atom. The average molecular weight is 306 g/mol. The van der Waals surface area contributed by atoms with Crippen LogP contribution in [0.1, 0.15) is 10.4 Å². The summed E-state index contributed by atoms with van der Waals surface area (Å²) >= 11 is 5.36. The SMILES string of the molecule is O=C=NS(=O)(=O)Oc1ccccc1C(=O)OCCCl. The van der Waals surface area contributed by atoms with Crippen molar-refractivity contribution in [2.75, 3.05) is 12.5 Å². The van der Waals surface area contributed by atoms with Crippen molar-refractivity contribution in [3.63, 3.8) is 0 Å². The summed E-state index contributed by atoms with van der Waals surface area (Å²) in [5.74, 6) is -1.01. The number of benzene rings is 1. The van der Waals surface area contributed by atoms with Crippen LogP contribution in [0.3, 0.4) is 0 Å². The molecule has 0 fully saturated rings. The third-order valence-corrected chi connectivity index (χ3v) is 2.60. The van der Waals surface area contributed by atoms with Crippen molar-refractivity contribution in [1.82, 2.24) is 0 Å². The number of esters is 1. The number of nitrogens with zero attached hydrogens (tertiary/aromatic N) is 1. The van der Waals surface area contributed by atoms with Gasteiger partial charge in [0.15, 0.2) is 5.75 Å². The molecule has 0 saturated heterocycles. The number of rotatable bonds is 6. The van der Waals surface area contributed by atoms with Crippen LogP contribution in [0.25, 0.3) is 0 Å². The Hall–Kier alpha value is -1.89. The zero-order valence-electron chi connectivity index (χ0n) is 9.41. The van der Waals surface area contributed by atoms with Crippen LogP contribution in [0.2, 0.25) is 0 Å². The standard InChI is InChI=1S/C10H8ClNO6S/c11-5-6-17-10(14)8-3-1-2-4-9(8)18-19(15,16)12-7-13/h1-4H,5-6H2. The van der Waals surface area contributed by atoms with Gasteiger partial charge in [-0.3, -0.25) is 0 Å². The molecule has 0 aliphatic rings. The molecule has 0 saturated carbocycles. The second kappa shape index (κ2) is 6.89. The van der Waals surface area contributed by atoms with Gasteiger partial charge in [-0.05, 0) is 16.5 Å². The second-order valence-electron chi connectivity index (χ2n) is 3.01. The Labute approximate surface area is 114 Å². The molecule has 0 N–H and O–H groups in total. The van der Waals surface area contributed by atoms with Gasteiger partial charge in [-0.1, -0.05) is 12.1 Å². The molecule has 0 aromatic heterocycles. The van der Waals surface area contributed by atoms with Crippen molar-refractivity contribution in [3.05, 3.63) is 29.8 Å². The smallest absolute Gasteiger partial charge is 0.439 e. The average Bonchev–Trinajstić information content (AvgIpc) is 2.36. The summed E-state index contributed by atoms with van der Waals surface area (Å²) < 4.78 is 34.0.